The van der Waals surface area contributed by atoms with Gasteiger partial charge >= 0.3 is 0 Å². The molecule has 1 fully saturated rings. The number of ether oxygens (including phenoxy) is 1. The number of rotatable bonds is 8. The number of hydrogen-bond acceptors (Lipinski definition) is 3. The zero-order chi connectivity index (χ0) is 24.0. The molecule has 34 heavy (non-hydrogen) atoms. The lowest BCUT2D eigenvalue weighted by atomic mass is 9.91. The first-order valence-corrected chi connectivity index (χ1v) is 11.9. The minimum absolute atomic E-state index is 0.0291. The van der Waals surface area contributed by atoms with Gasteiger partial charge in [-0.2, -0.15) is 0 Å². The Hall–Kier alpha value is -3.60. The summed E-state index contributed by atoms with van der Waals surface area (Å²) in [5, 5.41) is 3.08. The van der Waals surface area contributed by atoms with E-state index in [0.29, 0.717) is 25.1 Å². The summed E-state index contributed by atoms with van der Waals surface area (Å²) in [6.07, 6.45) is 3.41. The van der Waals surface area contributed by atoms with Gasteiger partial charge in [0.2, 0.25) is 11.8 Å². The molecule has 0 radical (unpaired) electrons. The van der Waals surface area contributed by atoms with E-state index in [2.05, 4.69) is 5.32 Å². The van der Waals surface area contributed by atoms with Gasteiger partial charge in [0.05, 0.1) is 13.5 Å². The predicted molar refractivity (Wildman–Crippen MR) is 135 cm³/mol. The van der Waals surface area contributed by atoms with Gasteiger partial charge in [-0.3, -0.25) is 9.59 Å². The van der Waals surface area contributed by atoms with E-state index in [1.54, 1.807) is 7.11 Å². The van der Waals surface area contributed by atoms with Crippen molar-refractivity contribution in [3.63, 3.8) is 0 Å². The van der Waals surface area contributed by atoms with Crippen LogP contribution in [0.4, 0.5) is 5.69 Å². The highest BCUT2D eigenvalue weighted by Crippen LogP contribution is 2.38. The number of anilines is 1. The minimum Gasteiger partial charge on any atom is -0.497 e. The van der Waals surface area contributed by atoms with Gasteiger partial charge in [0, 0.05) is 12.2 Å². The van der Waals surface area contributed by atoms with Gasteiger partial charge in [-0.05, 0) is 55.2 Å². The van der Waals surface area contributed by atoms with Crippen molar-refractivity contribution >= 4 is 17.5 Å². The number of methoxy groups -OCH3 is 1. The average Bonchev–Trinajstić information content (AvgIpc) is 3.36. The van der Waals surface area contributed by atoms with Crippen molar-refractivity contribution in [1.82, 2.24) is 4.90 Å². The molecule has 0 aromatic heterocycles. The van der Waals surface area contributed by atoms with Gasteiger partial charge in [0.25, 0.3) is 0 Å². The van der Waals surface area contributed by atoms with Gasteiger partial charge in [0.1, 0.15) is 11.3 Å². The molecule has 1 aliphatic rings. The van der Waals surface area contributed by atoms with Crippen LogP contribution in [0.3, 0.4) is 0 Å². The first-order valence-electron chi connectivity index (χ1n) is 11.9. The maximum atomic E-state index is 13.8. The van der Waals surface area contributed by atoms with Crippen LogP contribution in [-0.4, -0.2) is 29.4 Å². The van der Waals surface area contributed by atoms with Gasteiger partial charge in [-0.1, -0.05) is 73.0 Å². The minimum atomic E-state index is -0.878. The van der Waals surface area contributed by atoms with Gasteiger partial charge in [-0.25, -0.2) is 0 Å². The summed E-state index contributed by atoms with van der Waals surface area (Å²) in [7, 11) is 1.61. The molecule has 5 heteroatoms. The third-order valence-electron chi connectivity index (χ3n) is 6.68. The average molecular weight is 457 g/mol. The zero-order valence-corrected chi connectivity index (χ0v) is 19.9. The number of aryl methyl sites for hydroxylation is 1. The molecular formula is C29H32N2O3. The number of nitrogens with zero attached hydrogens (tertiary/aromatic N) is 1. The first kappa shape index (κ1) is 23.6. The molecular weight excluding hydrogens is 424 g/mol. The van der Waals surface area contributed by atoms with Gasteiger partial charge < -0.3 is 15.0 Å². The van der Waals surface area contributed by atoms with Crippen LogP contribution < -0.4 is 10.1 Å². The number of carbonyl (C=O) groups is 2. The monoisotopic (exact) mass is 456 g/mol. The molecule has 176 valence electrons. The van der Waals surface area contributed by atoms with E-state index >= 15 is 0 Å². The zero-order valence-electron chi connectivity index (χ0n) is 19.9. The van der Waals surface area contributed by atoms with Crippen LogP contribution in [0, 0.1) is 6.92 Å². The van der Waals surface area contributed by atoms with E-state index in [4.69, 9.17) is 4.74 Å². The van der Waals surface area contributed by atoms with Crippen molar-refractivity contribution in [1.29, 1.82) is 0 Å². The first-order chi connectivity index (χ1) is 16.5. The highest BCUT2D eigenvalue weighted by molar-refractivity contribution is 6.01. The number of hydrogen-bond donors (Lipinski definition) is 1. The Morgan fingerprint density at radius 1 is 0.882 bits per heavy atom. The van der Waals surface area contributed by atoms with Crippen LogP contribution in [-0.2, 0) is 22.6 Å². The third-order valence-corrected chi connectivity index (χ3v) is 6.68. The summed E-state index contributed by atoms with van der Waals surface area (Å²) in [5.41, 5.74) is 2.96. The lowest BCUT2D eigenvalue weighted by Crippen LogP contribution is -2.57. The molecule has 0 unspecified atom stereocenters. The fraction of sp³-hybridized carbons (Fsp3) is 0.310. The number of carbonyl (C=O) groups excluding carboxylic acids is 2. The molecule has 1 aliphatic carbocycles. The second kappa shape index (κ2) is 10.6. The van der Waals surface area contributed by atoms with Crippen LogP contribution in [0.25, 0.3) is 0 Å². The second-order valence-electron chi connectivity index (χ2n) is 9.05. The van der Waals surface area contributed by atoms with Gasteiger partial charge in [-0.15, -0.1) is 0 Å². The maximum Gasteiger partial charge on any atom is 0.250 e. The molecule has 1 saturated carbocycles. The van der Waals surface area contributed by atoms with E-state index < -0.39 is 5.54 Å². The molecule has 3 aromatic carbocycles. The van der Waals surface area contributed by atoms with Crippen molar-refractivity contribution in [2.75, 3.05) is 12.4 Å². The Morgan fingerprint density at radius 2 is 1.53 bits per heavy atom. The van der Waals surface area contributed by atoms with Crippen molar-refractivity contribution in [2.45, 2.75) is 51.1 Å². The van der Waals surface area contributed by atoms with E-state index in [9.17, 15) is 9.59 Å². The van der Waals surface area contributed by atoms with E-state index in [1.807, 2.05) is 90.7 Å². The SMILES string of the molecule is COc1ccc(NC(=O)C2(N(Cc3ccc(C)cc3)C(=O)Cc3ccccc3)CCCC2)cc1. The number of amides is 2. The molecule has 0 aliphatic heterocycles. The molecule has 4 rings (SSSR count). The van der Waals surface area contributed by atoms with Crippen molar-refractivity contribution in [3.05, 3.63) is 95.6 Å². The van der Waals surface area contributed by atoms with Crippen molar-refractivity contribution < 1.29 is 14.3 Å². The molecule has 0 spiro atoms. The Kier molecular flexibility index (Phi) is 7.31. The van der Waals surface area contributed by atoms with E-state index in [0.717, 1.165) is 29.7 Å². The summed E-state index contributed by atoms with van der Waals surface area (Å²) >= 11 is 0. The highest BCUT2D eigenvalue weighted by atomic mass is 16.5. The van der Waals surface area contributed by atoms with E-state index in [1.165, 1.54) is 5.56 Å². The smallest absolute Gasteiger partial charge is 0.250 e. The summed E-state index contributed by atoms with van der Waals surface area (Å²) in [6.45, 7) is 2.45. The van der Waals surface area contributed by atoms with Crippen LogP contribution in [0.2, 0.25) is 0 Å². The highest BCUT2D eigenvalue weighted by Gasteiger charge is 2.48. The molecule has 1 N–H and O–H groups in total. The van der Waals surface area contributed by atoms with Crippen LogP contribution in [0.5, 0.6) is 5.75 Å². The molecule has 2 amide bonds. The second-order valence-corrected chi connectivity index (χ2v) is 9.05. The van der Waals surface area contributed by atoms with E-state index in [-0.39, 0.29) is 18.2 Å². The number of nitrogens with one attached hydrogen (secondary N) is 1. The fourth-order valence-corrected chi connectivity index (χ4v) is 4.72. The summed E-state index contributed by atoms with van der Waals surface area (Å²) < 4.78 is 5.23. The topological polar surface area (TPSA) is 58.6 Å². The Balaban J connectivity index is 1.65. The fourth-order valence-electron chi connectivity index (χ4n) is 4.72. The van der Waals surface area contributed by atoms with Gasteiger partial charge in [0.15, 0.2) is 0 Å². The van der Waals surface area contributed by atoms with Crippen molar-refractivity contribution in [2.24, 2.45) is 0 Å². The Labute approximate surface area is 201 Å². The number of benzene rings is 3. The molecule has 0 heterocycles. The van der Waals surface area contributed by atoms with Crippen molar-refractivity contribution in [3.8, 4) is 5.75 Å². The standard InChI is InChI=1S/C29H32N2O3/c1-22-10-12-24(13-11-22)21-31(27(32)20-23-8-4-3-5-9-23)29(18-6-7-19-29)28(33)30-25-14-16-26(34-2)17-15-25/h3-5,8-17H,6-7,18-21H2,1-2H3,(H,30,33). The lowest BCUT2D eigenvalue weighted by molar-refractivity contribution is -0.145. The molecule has 0 bridgehead atoms. The van der Waals surface area contributed by atoms with Crippen LogP contribution in [0.1, 0.15) is 42.4 Å². The molecule has 5 nitrogen and oxygen atoms in total. The van der Waals surface area contributed by atoms with Crippen LogP contribution in [0.15, 0.2) is 78.9 Å². The Morgan fingerprint density at radius 3 is 2.15 bits per heavy atom. The molecule has 0 atom stereocenters. The quantitative estimate of drug-likeness (QED) is 0.485. The maximum absolute atomic E-state index is 13.8. The predicted octanol–water partition coefficient (Wildman–Crippen LogP) is 5.53. The Bertz CT molecular complexity index is 1100. The largest absolute Gasteiger partial charge is 0.497 e. The normalized spacial score (nSPS) is 14.4. The lowest BCUT2D eigenvalue weighted by Gasteiger charge is -2.40. The summed E-state index contributed by atoms with van der Waals surface area (Å²) in [5.74, 6) is 0.579. The molecule has 3 aromatic rings. The van der Waals surface area contributed by atoms with Crippen LogP contribution >= 0.6 is 0 Å². The summed E-state index contributed by atoms with van der Waals surface area (Å²) in [6, 6.07) is 25.2. The third kappa shape index (κ3) is 5.30. The summed E-state index contributed by atoms with van der Waals surface area (Å²) in [4.78, 5) is 29.4. The molecule has 0 saturated heterocycles.